The Kier molecular flexibility index (Phi) is 6.90. The Morgan fingerprint density at radius 3 is 1.97 bits per heavy atom. The largest absolute Gasteiger partial charge is 0.496 e. The summed E-state index contributed by atoms with van der Waals surface area (Å²) in [5.74, 6) is -0.457. The summed E-state index contributed by atoms with van der Waals surface area (Å²) in [7, 11) is 1.62. The molecule has 6 nitrogen and oxygen atoms in total. The van der Waals surface area contributed by atoms with Gasteiger partial charge >= 0.3 is 12.1 Å². The van der Waals surface area contributed by atoms with E-state index in [2.05, 4.69) is 17.4 Å². The zero-order valence-electron chi connectivity index (χ0n) is 20.4. The molecule has 0 bridgehead atoms. The van der Waals surface area contributed by atoms with Crippen LogP contribution in [0, 0.1) is 0 Å². The third kappa shape index (κ3) is 5.05. The third-order valence-electron chi connectivity index (χ3n) is 6.75. The second-order valence-electron chi connectivity index (χ2n) is 8.96. The van der Waals surface area contributed by atoms with E-state index in [9.17, 15) is 14.7 Å². The Balaban J connectivity index is 1.23. The average Bonchev–Trinajstić information content (AvgIpc) is 3.25. The number of carbonyl (C=O) groups is 2. The standard InChI is InChI=1S/C31H27NO5/c1-36-29-13-7-6-8-22(29)21-16-14-20(15-17-21)18-28(30(33)34)32-31(35)37-19-27-25-11-4-2-9-23(25)24-10-3-5-12-26(24)27/h2-17,27-28H,18-19H2,1H3,(H,32,35)(H,33,34). The molecule has 186 valence electrons. The molecule has 0 heterocycles. The van der Waals surface area contributed by atoms with Crippen LogP contribution in [-0.4, -0.2) is 36.9 Å². The van der Waals surface area contributed by atoms with Crippen molar-refractivity contribution in [3.8, 4) is 28.0 Å². The Morgan fingerprint density at radius 2 is 1.38 bits per heavy atom. The molecule has 6 heteroatoms. The summed E-state index contributed by atoms with van der Waals surface area (Å²) < 4.78 is 11.0. The molecule has 1 unspecified atom stereocenters. The van der Waals surface area contributed by atoms with Crippen LogP contribution in [0.25, 0.3) is 22.3 Å². The van der Waals surface area contributed by atoms with Gasteiger partial charge in [-0.2, -0.15) is 0 Å². The van der Waals surface area contributed by atoms with Crippen LogP contribution < -0.4 is 10.1 Å². The highest BCUT2D eigenvalue weighted by Gasteiger charge is 2.29. The van der Waals surface area contributed by atoms with Crippen LogP contribution in [0.4, 0.5) is 4.79 Å². The molecular formula is C31H27NO5. The second-order valence-corrected chi connectivity index (χ2v) is 8.96. The van der Waals surface area contributed by atoms with Gasteiger partial charge in [0.2, 0.25) is 0 Å². The number of rotatable bonds is 8. The number of hydrogen-bond donors (Lipinski definition) is 2. The van der Waals surface area contributed by atoms with Gasteiger partial charge < -0.3 is 19.9 Å². The summed E-state index contributed by atoms with van der Waals surface area (Å²) in [5.41, 5.74) is 7.15. The number of carboxylic acid groups (broad SMARTS) is 1. The van der Waals surface area contributed by atoms with E-state index in [0.29, 0.717) is 0 Å². The normalized spacial score (nSPS) is 12.8. The van der Waals surface area contributed by atoms with E-state index in [-0.39, 0.29) is 18.9 Å². The molecule has 1 aliphatic carbocycles. The van der Waals surface area contributed by atoms with Crippen LogP contribution >= 0.6 is 0 Å². The molecule has 0 aliphatic heterocycles. The first-order chi connectivity index (χ1) is 18.0. The van der Waals surface area contributed by atoms with Gasteiger partial charge in [0.25, 0.3) is 0 Å². The molecule has 0 aromatic heterocycles. The Hall–Kier alpha value is -4.58. The van der Waals surface area contributed by atoms with E-state index < -0.39 is 18.1 Å². The van der Waals surface area contributed by atoms with Crippen molar-refractivity contribution >= 4 is 12.1 Å². The SMILES string of the molecule is COc1ccccc1-c1ccc(CC(NC(=O)OCC2c3ccccc3-c3ccccc32)C(=O)O)cc1. The molecule has 0 radical (unpaired) electrons. The van der Waals surface area contributed by atoms with Crippen LogP contribution in [0.2, 0.25) is 0 Å². The quantitative estimate of drug-likeness (QED) is 0.319. The molecule has 0 fully saturated rings. The van der Waals surface area contributed by atoms with Gasteiger partial charge in [-0.05, 0) is 39.4 Å². The van der Waals surface area contributed by atoms with Gasteiger partial charge in [-0.25, -0.2) is 9.59 Å². The van der Waals surface area contributed by atoms with Crippen molar-refractivity contribution in [3.05, 3.63) is 114 Å². The number of ether oxygens (including phenoxy) is 2. The van der Waals surface area contributed by atoms with Crippen molar-refractivity contribution < 1.29 is 24.2 Å². The number of amides is 1. The number of carboxylic acids is 1. The fourth-order valence-electron chi connectivity index (χ4n) is 4.92. The van der Waals surface area contributed by atoms with E-state index in [1.54, 1.807) is 7.11 Å². The molecule has 1 atom stereocenters. The Morgan fingerprint density at radius 1 is 0.811 bits per heavy atom. The lowest BCUT2D eigenvalue weighted by Gasteiger charge is -2.18. The van der Waals surface area contributed by atoms with Crippen LogP contribution in [0.1, 0.15) is 22.6 Å². The Bertz CT molecular complexity index is 1380. The number of nitrogens with one attached hydrogen (secondary N) is 1. The third-order valence-corrected chi connectivity index (χ3v) is 6.75. The first kappa shape index (κ1) is 24.1. The molecule has 0 saturated heterocycles. The number of hydrogen-bond acceptors (Lipinski definition) is 4. The summed E-state index contributed by atoms with van der Waals surface area (Å²) in [6.07, 6.45) is -0.619. The van der Waals surface area contributed by atoms with E-state index in [1.165, 1.54) is 0 Å². The summed E-state index contributed by atoms with van der Waals surface area (Å²) >= 11 is 0. The summed E-state index contributed by atoms with van der Waals surface area (Å²) in [6.45, 7) is 0.125. The van der Waals surface area contributed by atoms with Crippen LogP contribution in [0.3, 0.4) is 0 Å². The number of aliphatic carboxylic acids is 1. The van der Waals surface area contributed by atoms with Crippen LogP contribution in [-0.2, 0) is 16.0 Å². The van der Waals surface area contributed by atoms with E-state index in [0.717, 1.165) is 44.7 Å². The molecule has 1 amide bonds. The highest BCUT2D eigenvalue weighted by Crippen LogP contribution is 2.44. The number of carbonyl (C=O) groups excluding carboxylic acids is 1. The van der Waals surface area contributed by atoms with Gasteiger partial charge in [0, 0.05) is 17.9 Å². The highest BCUT2D eigenvalue weighted by molar-refractivity contribution is 5.81. The summed E-state index contributed by atoms with van der Waals surface area (Å²) in [6, 6.07) is 30.3. The minimum absolute atomic E-state index is 0.0936. The first-order valence-corrected chi connectivity index (χ1v) is 12.1. The molecule has 4 aromatic carbocycles. The highest BCUT2D eigenvalue weighted by atomic mass is 16.5. The van der Waals surface area contributed by atoms with Gasteiger partial charge in [-0.1, -0.05) is 91.0 Å². The van der Waals surface area contributed by atoms with Crippen molar-refractivity contribution in [2.24, 2.45) is 0 Å². The summed E-state index contributed by atoms with van der Waals surface area (Å²) in [5, 5.41) is 12.3. The molecular weight excluding hydrogens is 466 g/mol. The molecule has 37 heavy (non-hydrogen) atoms. The topological polar surface area (TPSA) is 84.9 Å². The maximum atomic E-state index is 12.6. The molecule has 4 aromatic rings. The van der Waals surface area contributed by atoms with Crippen molar-refractivity contribution in [1.29, 1.82) is 0 Å². The minimum Gasteiger partial charge on any atom is -0.496 e. The maximum absolute atomic E-state index is 12.6. The molecule has 1 aliphatic rings. The fraction of sp³-hybridized carbons (Fsp3) is 0.161. The lowest BCUT2D eigenvalue weighted by atomic mass is 9.98. The van der Waals surface area contributed by atoms with Crippen molar-refractivity contribution in [2.75, 3.05) is 13.7 Å². The number of fused-ring (bicyclic) bond motifs is 3. The predicted octanol–water partition coefficient (Wildman–Crippen LogP) is 5.90. The van der Waals surface area contributed by atoms with Crippen molar-refractivity contribution in [2.45, 2.75) is 18.4 Å². The van der Waals surface area contributed by atoms with Crippen LogP contribution in [0.5, 0.6) is 5.75 Å². The smallest absolute Gasteiger partial charge is 0.407 e. The molecule has 2 N–H and O–H groups in total. The zero-order chi connectivity index (χ0) is 25.8. The second kappa shape index (κ2) is 10.6. The van der Waals surface area contributed by atoms with Gasteiger partial charge in [0.05, 0.1) is 7.11 Å². The fourth-order valence-corrected chi connectivity index (χ4v) is 4.92. The first-order valence-electron chi connectivity index (χ1n) is 12.1. The van der Waals surface area contributed by atoms with Gasteiger partial charge in [0.15, 0.2) is 0 Å². The van der Waals surface area contributed by atoms with E-state index >= 15 is 0 Å². The maximum Gasteiger partial charge on any atom is 0.407 e. The monoisotopic (exact) mass is 493 g/mol. The molecule has 0 saturated carbocycles. The van der Waals surface area contributed by atoms with Gasteiger partial charge in [-0.15, -0.1) is 0 Å². The lowest BCUT2D eigenvalue weighted by Crippen LogP contribution is -2.42. The molecule has 5 rings (SSSR count). The number of methoxy groups -OCH3 is 1. The van der Waals surface area contributed by atoms with E-state index in [4.69, 9.17) is 9.47 Å². The van der Waals surface area contributed by atoms with E-state index in [1.807, 2.05) is 84.9 Å². The summed E-state index contributed by atoms with van der Waals surface area (Å²) in [4.78, 5) is 24.5. The number of benzene rings is 4. The van der Waals surface area contributed by atoms with Crippen molar-refractivity contribution in [1.82, 2.24) is 5.32 Å². The average molecular weight is 494 g/mol. The van der Waals surface area contributed by atoms with Crippen molar-refractivity contribution in [3.63, 3.8) is 0 Å². The minimum atomic E-state index is -1.12. The molecule has 0 spiro atoms. The zero-order valence-corrected chi connectivity index (χ0v) is 20.4. The lowest BCUT2D eigenvalue weighted by molar-refractivity contribution is -0.139. The van der Waals surface area contributed by atoms with Gasteiger partial charge in [0.1, 0.15) is 18.4 Å². The Labute approximate surface area is 215 Å². The number of para-hydroxylation sites is 1. The van der Waals surface area contributed by atoms with Crippen LogP contribution in [0.15, 0.2) is 97.1 Å². The predicted molar refractivity (Wildman–Crippen MR) is 142 cm³/mol. The number of alkyl carbamates (subject to hydrolysis) is 1. The van der Waals surface area contributed by atoms with Gasteiger partial charge in [-0.3, -0.25) is 0 Å².